The van der Waals surface area contributed by atoms with Gasteiger partial charge in [-0.2, -0.15) is 0 Å². The van der Waals surface area contributed by atoms with Gasteiger partial charge in [-0.15, -0.1) is 0 Å². The summed E-state index contributed by atoms with van der Waals surface area (Å²) in [5.41, 5.74) is 4.74. The van der Waals surface area contributed by atoms with E-state index in [1.807, 2.05) is 0 Å². The first-order chi connectivity index (χ1) is 10.5. The van der Waals surface area contributed by atoms with Crippen LogP contribution in [0.15, 0.2) is 41.5 Å². The lowest BCUT2D eigenvalue weighted by Gasteiger charge is -2.46. The lowest BCUT2D eigenvalue weighted by atomic mass is 9.61. The molecule has 1 heteroatoms. The molecule has 4 rings (SSSR count). The molecular formula is C21H28O. The zero-order valence-electron chi connectivity index (χ0n) is 14.2. The molecule has 1 nitrogen and oxygen atoms in total. The van der Waals surface area contributed by atoms with Crippen LogP contribution in [0.25, 0.3) is 0 Å². The second kappa shape index (κ2) is 4.96. The first-order valence-corrected chi connectivity index (χ1v) is 8.94. The van der Waals surface area contributed by atoms with E-state index >= 15 is 0 Å². The molecule has 3 unspecified atom stereocenters. The normalized spacial score (nSPS) is 36.3. The van der Waals surface area contributed by atoms with Crippen molar-refractivity contribution in [2.75, 3.05) is 0 Å². The maximum atomic E-state index is 6.86. The Hall–Kier alpha value is -1.08. The summed E-state index contributed by atoms with van der Waals surface area (Å²) in [6.07, 6.45) is 7.64. The van der Waals surface area contributed by atoms with Gasteiger partial charge in [0, 0.05) is 0 Å². The number of hydrogen-bond donors (Lipinski definition) is 0. The van der Waals surface area contributed by atoms with Crippen LogP contribution >= 0.6 is 0 Å². The van der Waals surface area contributed by atoms with E-state index in [-0.39, 0.29) is 11.2 Å². The molecule has 1 aromatic rings. The molecule has 22 heavy (non-hydrogen) atoms. The van der Waals surface area contributed by atoms with E-state index in [1.54, 1.807) is 11.1 Å². The van der Waals surface area contributed by atoms with Crippen molar-refractivity contribution in [3.05, 3.63) is 47.0 Å². The van der Waals surface area contributed by atoms with E-state index in [9.17, 15) is 0 Å². The Bertz CT molecular complexity index is 598. The molecule has 1 saturated carbocycles. The fraction of sp³-hybridized carbons (Fsp3) is 0.619. The Labute approximate surface area is 134 Å². The predicted octanol–water partition coefficient (Wildman–Crippen LogP) is 5.30. The van der Waals surface area contributed by atoms with Gasteiger partial charge in [0.15, 0.2) is 0 Å². The van der Waals surface area contributed by atoms with Gasteiger partial charge in [0.25, 0.3) is 0 Å². The molecule has 1 saturated heterocycles. The van der Waals surface area contributed by atoms with Crippen molar-refractivity contribution in [2.24, 2.45) is 11.8 Å². The second-order valence-electron chi connectivity index (χ2n) is 8.23. The minimum Gasteiger partial charge on any atom is -0.364 e. The fourth-order valence-electron chi connectivity index (χ4n) is 5.35. The number of hydrogen-bond acceptors (Lipinski definition) is 1. The average Bonchev–Trinajstić information content (AvgIpc) is 2.71. The summed E-state index contributed by atoms with van der Waals surface area (Å²) < 4.78 is 6.86. The summed E-state index contributed by atoms with van der Waals surface area (Å²) in [6, 6.07) is 11.0. The molecule has 1 aliphatic heterocycles. The van der Waals surface area contributed by atoms with Crippen molar-refractivity contribution >= 4 is 0 Å². The molecule has 1 spiro atoms. The van der Waals surface area contributed by atoms with Crippen LogP contribution in [-0.2, 0) is 11.2 Å². The molecule has 3 aliphatic rings. The molecule has 1 heterocycles. The van der Waals surface area contributed by atoms with Crippen LogP contribution in [0.3, 0.4) is 0 Å². The van der Waals surface area contributed by atoms with E-state index in [0.29, 0.717) is 0 Å². The highest BCUT2D eigenvalue weighted by Gasteiger charge is 2.59. The summed E-state index contributed by atoms with van der Waals surface area (Å²) in [5.74, 6) is 1.48. The highest BCUT2D eigenvalue weighted by molar-refractivity contribution is 5.36. The summed E-state index contributed by atoms with van der Waals surface area (Å²) in [5, 5.41) is 0. The summed E-state index contributed by atoms with van der Waals surface area (Å²) in [6.45, 7) is 6.99. The highest BCUT2D eigenvalue weighted by atomic mass is 16.5. The smallest absolute Gasteiger partial charge is 0.0936 e. The van der Waals surface area contributed by atoms with E-state index in [2.05, 4.69) is 51.1 Å². The third kappa shape index (κ3) is 2.09. The van der Waals surface area contributed by atoms with Crippen LogP contribution in [0.5, 0.6) is 0 Å². The van der Waals surface area contributed by atoms with Gasteiger partial charge in [0.05, 0.1) is 11.2 Å². The van der Waals surface area contributed by atoms with E-state index in [1.165, 1.54) is 37.7 Å². The third-order valence-electron chi connectivity index (χ3n) is 6.62. The molecule has 0 N–H and O–H groups in total. The minimum atomic E-state index is 0.0462. The van der Waals surface area contributed by atoms with Gasteiger partial charge >= 0.3 is 0 Å². The lowest BCUT2D eigenvalue weighted by molar-refractivity contribution is -0.0982. The maximum absolute atomic E-state index is 6.86. The van der Waals surface area contributed by atoms with Gasteiger partial charge in [0.1, 0.15) is 0 Å². The highest BCUT2D eigenvalue weighted by Crippen LogP contribution is 2.60. The molecule has 118 valence electrons. The van der Waals surface area contributed by atoms with Crippen molar-refractivity contribution in [3.63, 3.8) is 0 Å². The topological polar surface area (TPSA) is 9.23 Å². The Morgan fingerprint density at radius 3 is 2.55 bits per heavy atom. The van der Waals surface area contributed by atoms with Crippen molar-refractivity contribution in [1.29, 1.82) is 0 Å². The van der Waals surface area contributed by atoms with E-state index in [0.717, 1.165) is 18.3 Å². The molecule has 2 aliphatic carbocycles. The predicted molar refractivity (Wildman–Crippen MR) is 90.8 cm³/mol. The van der Waals surface area contributed by atoms with Crippen LogP contribution in [0.4, 0.5) is 0 Å². The van der Waals surface area contributed by atoms with Gasteiger partial charge < -0.3 is 4.74 Å². The Morgan fingerprint density at radius 1 is 1.05 bits per heavy atom. The maximum Gasteiger partial charge on any atom is 0.0936 e. The lowest BCUT2D eigenvalue weighted by Crippen LogP contribution is -2.45. The van der Waals surface area contributed by atoms with Gasteiger partial charge in [-0.1, -0.05) is 35.9 Å². The van der Waals surface area contributed by atoms with E-state index < -0.39 is 0 Å². The fourth-order valence-corrected chi connectivity index (χ4v) is 5.35. The summed E-state index contributed by atoms with van der Waals surface area (Å²) >= 11 is 0. The molecule has 0 radical (unpaired) electrons. The van der Waals surface area contributed by atoms with Crippen LogP contribution in [0, 0.1) is 11.8 Å². The monoisotopic (exact) mass is 296 g/mol. The molecule has 0 aromatic heterocycles. The summed E-state index contributed by atoms with van der Waals surface area (Å²) in [4.78, 5) is 0. The molecule has 3 atom stereocenters. The zero-order valence-corrected chi connectivity index (χ0v) is 14.2. The number of benzene rings is 1. The Morgan fingerprint density at radius 2 is 1.77 bits per heavy atom. The van der Waals surface area contributed by atoms with Crippen LogP contribution in [0.2, 0.25) is 0 Å². The molecule has 0 amide bonds. The first kappa shape index (κ1) is 14.5. The number of allylic oxidation sites excluding steroid dienone is 1. The molecule has 2 fully saturated rings. The van der Waals surface area contributed by atoms with E-state index in [4.69, 9.17) is 4.74 Å². The number of ether oxygens (including phenoxy) is 1. The van der Waals surface area contributed by atoms with Crippen molar-refractivity contribution in [1.82, 2.24) is 0 Å². The third-order valence-corrected chi connectivity index (χ3v) is 6.62. The zero-order chi connectivity index (χ0) is 15.4. The minimum absolute atomic E-state index is 0.0462. The Balaban J connectivity index is 1.75. The van der Waals surface area contributed by atoms with Crippen LogP contribution in [0.1, 0.15) is 58.4 Å². The number of rotatable bonds is 2. The standard InChI is InChI=1S/C21H28O/c1-15-9-10-17-11-12-18-14-21(17,22-20(18,2)3)19(15)13-16-7-5-4-6-8-16/h4-8,17-18H,9-14H2,1-3H3. The van der Waals surface area contributed by atoms with Crippen molar-refractivity contribution < 1.29 is 4.74 Å². The molecular weight excluding hydrogens is 268 g/mol. The van der Waals surface area contributed by atoms with Crippen LogP contribution in [-0.4, -0.2) is 11.2 Å². The van der Waals surface area contributed by atoms with Gasteiger partial charge in [-0.3, -0.25) is 0 Å². The quantitative estimate of drug-likeness (QED) is 0.673. The molecule has 1 aromatic carbocycles. The van der Waals surface area contributed by atoms with Gasteiger partial charge in [-0.05, 0) is 82.3 Å². The van der Waals surface area contributed by atoms with Crippen molar-refractivity contribution in [2.45, 2.75) is 70.5 Å². The number of fused-ring (bicyclic) bond motifs is 1. The van der Waals surface area contributed by atoms with Gasteiger partial charge in [0.2, 0.25) is 0 Å². The van der Waals surface area contributed by atoms with Crippen molar-refractivity contribution in [3.8, 4) is 0 Å². The second-order valence-corrected chi connectivity index (χ2v) is 8.23. The average molecular weight is 296 g/mol. The first-order valence-electron chi connectivity index (χ1n) is 8.94. The summed E-state index contributed by atoms with van der Waals surface area (Å²) in [7, 11) is 0. The molecule has 2 bridgehead atoms. The largest absolute Gasteiger partial charge is 0.364 e. The Kier molecular flexibility index (Phi) is 3.27. The SMILES string of the molecule is CC1=C(Cc2ccccc2)C23CC(CCC2CC1)C(C)(C)O3. The van der Waals surface area contributed by atoms with Gasteiger partial charge in [-0.25, -0.2) is 0 Å². The van der Waals surface area contributed by atoms with Crippen LogP contribution < -0.4 is 0 Å².